The van der Waals surface area contributed by atoms with Gasteiger partial charge in [-0.2, -0.15) is 0 Å². The molecule has 1 aromatic carbocycles. The van der Waals surface area contributed by atoms with E-state index in [9.17, 15) is 4.79 Å². The number of benzene rings is 1. The minimum Gasteiger partial charge on any atom is -0.497 e. The number of carbonyl (C=O) groups excluding carboxylic acids is 1. The van der Waals surface area contributed by atoms with Crippen LogP contribution in [0.3, 0.4) is 0 Å². The van der Waals surface area contributed by atoms with E-state index < -0.39 is 0 Å². The third kappa shape index (κ3) is 4.14. The van der Waals surface area contributed by atoms with Crippen molar-refractivity contribution in [1.82, 2.24) is 5.32 Å². The van der Waals surface area contributed by atoms with Crippen molar-refractivity contribution in [3.8, 4) is 5.75 Å². The average molecular weight is 327 g/mol. The molecule has 0 atom stereocenters. The monoisotopic (exact) mass is 326 g/mol. The molecule has 5 heteroatoms. The molecule has 0 unspecified atom stereocenters. The van der Waals surface area contributed by atoms with Gasteiger partial charge in [-0.05, 0) is 49.9 Å². The Hall–Kier alpha value is -1.26. The molecule has 0 spiro atoms. The largest absolute Gasteiger partial charge is 0.497 e. The van der Waals surface area contributed by atoms with E-state index in [1.807, 2.05) is 24.3 Å². The number of hydrogen-bond donors (Lipinski definition) is 2. The molecule has 1 aromatic rings. The van der Waals surface area contributed by atoms with E-state index in [0.29, 0.717) is 13.1 Å². The van der Waals surface area contributed by atoms with Crippen LogP contribution in [-0.4, -0.2) is 26.1 Å². The van der Waals surface area contributed by atoms with Gasteiger partial charge in [-0.25, -0.2) is 0 Å². The minimum absolute atomic E-state index is 0. The van der Waals surface area contributed by atoms with Gasteiger partial charge in [-0.15, -0.1) is 12.4 Å². The summed E-state index contributed by atoms with van der Waals surface area (Å²) in [6.07, 6.45) is 5.94. The second-order valence-corrected chi connectivity index (χ2v) is 5.77. The van der Waals surface area contributed by atoms with Crippen molar-refractivity contribution in [2.75, 3.05) is 20.2 Å². The van der Waals surface area contributed by atoms with Crippen molar-refractivity contribution in [3.05, 3.63) is 29.8 Å². The normalized spacial score (nSPS) is 15.9. The topological polar surface area (TPSA) is 64.3 Å². The molecule has 22 heavy (non-hydrogen) atoms. The quantitative estimate of drug-likeness (QED) is 0.757. The fraction of sp³-hybridized carbons (Fsp3) is 0.588. The lowest BCUT2D eigenvalue weighted by Crippen LogP contribution is -2.43. The SMILES string of the molecule is COc1cccc(C2(C(=O)NCCCCN)CCCC2)c1.Cl. The van der Waals surface area contributed by atoms with Gasteiger partial charge in [-0.1, -0.05) is 25.0 Å². The highest BCUT2D eigenvalue weighted by atomic mass is 35.5. The molecular formula is C17H27ClN2O2. The molecule has 0 heterocycles. The molecule has 2 rings (SSSR count). The summed E-state index contributed by atoms with van der Waals surface area (Å²) in [5.41, 5.74) is 6.19. The first-order chi connectivity index (χ1) is 10.2. The number of nitrogens with one attached hydrogen (secondary N) is 1. The number of methoxy groups -OCH3 is 1. The Balaban J connectivity index is 0.00000242. The van der Waals surface area contributed by atoms with E-state index in [1.165, 1.54) is 0 Å². The average Bonchev–Trinajstić information content (AvgIpc) is 3.02. The summed E-state index contributed by atoms with van der Waals surface area (Å²) in [5, 5.41) is 3.10. The van der Waals surface area contributed by atoms with E-state index in [-0.39, 0.29) is 23.7 Å². The molecule has 1 amide bonds. The molecule has 0 radical (unpaired) electrons. The summed E-state index contributed by atoms with van der Waals surface area (Å²) in [6.45, 7) is 1.39. The van der Waals surface area contributed by atoms with Gasteiger partial charge in [0, 0.05) is 6.54 Å². The zero-order valence-electron chi connectivity index (χ0n) is 13.3. The van der Waals surface area contributed by atoms with Crippen molar-refractivity contribution in [2.45, 2.75) is 43.9 Å². The third-order valence-corrected chi connectivity index (χ3v) is 4.43. The fourth-order valence-corrected chi connectivity index (χ4v) is 3.19. The van der Waals surface area contributed by atoms with Crippen LogP contribution in [0.2, 0.25) is 0 Å². The predicted molar refractivity (Wildman–Crippen MR) is 91.7 cm³/mol. The summed E-state index contributed by atoms with van der Waals surface area (Å²) in [5.74, 6) is 0.972. The zero-order chi connectivity index (χ0) is 15.1. The lowest BCUT2D eigenvalue weighted by Gasteiger charge is -2.28. The Morgan fingerprint density at radius 1 is 1.32 bits per heavy atom. The maximum atomic E-state index is 12.7. The van der Waals surface area contributed by atoms with Crippen molar-refractivity contribution in [3.63, 3.8) is 0 Å². The van der Waals surface area contributed by atoms with Gasteiger partial charge in [0.25, 0.3) is 0 Å². The molecule has 1 saturated carbocycles. The van der Waals surface area contributed by atoms with Crippen LogP contribution >= 0.6 is 12.4 Å². The number of nitrogens with two attached hydrogens (primary N) is 1. The predicted octanol–water partition coefficient (Wildman–Crippen LogP) is 2.78. The Labute approximate surface area is 139 Å². The highest BCUT2D eigenvalue weighted by molar-refractivity contribution is 5.88. The Bertz CT molecular complexity index is 473. The molecule has 124 valence electrons. The van der Waals surface area contributed by atoms with Crippen LogP contribution in [0.4, 0.5) is 0 Å². The molecule has 0 saturated heterocycles. The molecular weight excluding hydrogens is 300 g/mol. The number of amides is 1. The number of hydrogen-bond acceptors (Lipinski definition) is 3. The maximum absolute atomic E-state index is 12.7. The lowest BCUT2D eigenvalue weighted by molar-refractivity contribution is -0.126. The first-order valence-corrected chi connectivity index (χ1v) is 7.86. The van der Waals surface area contributed by atoms with Crippen molar-refractivity contribution >= 4 is 18.3 Å². The van der Waals surface area contributed by atoms with Crippen molar-refractivity contribution in [2.24, 2.45) is 5.73 Å². The fourth-order valence-electron chi connectivity index (χ4n) is 3.19. The summed E-state index contributed by atoms with van der Waals surface area (Å²) >= 11 is 0. The van der Waals surface area contributed by atoms with E-state index in [2.05, 4.69) is 5.32 Å². The first-order valence-electron chi connectivity index (χ1n) is 7.86. The Morgan fingerprint density at radius 2 is 2.05 bits per heavy atom. The van der Waals surface area contributed by atoms with Gasteiger partial charge in [0.2, 0.25) is 5.91 Å². The smallest absolute Gasteiger partial charge is 0.230 e. The van der Waals surface area contributed by atoms with Crippen molar-refractivity contribution in [1.29, 1.82) is 0 Å². The van der Waals surface area contributed by atoms with Crippen LogP contribution in [0.15, 0.2) is 24.3 Å². The number of halogens is 1. The molecule has 4 nitrogen and oxygen atoms in total. The third-order valence-electron chi connectivity index (χ3n) is 4.43. The summed E-state index contributed by atoms with van der Waals surface area (Å²) in [4.78, 5) is 12.7. The number of carbonyl (C=O) groups is 1. The number of rotatable bonds is 7. The summed E-state index contributed by atoms with van der Waals surface area (Å²) < 4.78 is 5.31. The molecule has 0 bridgehead atoms. The van der Waals surface area contributed by atoms with Crippen LogP contribution in [0.1, 0.15) is 44.1 Å². The van der Waals surface area contributed by atoms with Gasteiger partial charge in [0.05, 0.1) is 12.5 Å². The zero-order valence-corrected chi connectivity index (χ0v) is 14.1. The molecule has 1 fully saturated rings. The maximum Gasteiger partial charge on any atom is 0.230 e. The summed E-state index contributed by atoms with van der Waals surface area (Å²) in [7, 11) is 1.66. The number of unbranched alkanes of at least 4 members (excludes halogenated alkanes) is 1. The second kappa shape index (κ2) is 9.01. The molecule has 1 aliphatic rings. The van der Waals surface area contributed by atoms with E-state index in [1.54, 1.807) is 7.11 Å². The van der Waals surface area contributed by atoms with E-state index in [0.717, 1.165) is 49.8 Å². The van der Waals surface area contributed by atoms with Gasteiger partial charge in [0.1, 0.15) is 5.75 Å². The lowest BCUT2D eigenvalue weighted by atomic mass is 9.78. The summed E-state index contributed by atoms with van der Waals surface area (Å²) in [6, 6.07) is 7.94. The molecule has 1 aliphatic carbocycles. The van der Waals surface area contributed by atoms with Gasteiger partial charge < -0.3 is 15.8 Å². The van der Waals surface area contributed by atoms with Crippen molar-refractivity contribution < 1.29 is 9.53 Å². The highest BCUT2D eigenvalue weighted by Crippen LogP contribution is 2.42. The van der Waals surface area contributed by atoms with E-state index in [4.69, 9.17) is 10.5 Å². The van der Waals surface area contributed by atoms with Crippen LogP contribution in [-0.2, 0) is 10.2 Å². The molecule has 3 N–H and O–H groups in total. The van der Waals surface area contributed by atoms with E-state index >= 15 is 0 Å². The Morgan fingerprint density at radius 3 is 2.68 bits per heavy atom. The van der Waals surface area contributed by atoms with Gasteiger partial charge in [0.15, 0.2) is 0 Å². The highest BCUT2D eigenvalue weighted by Gasteiger charge is 2.42. The number of ether oxygens (including phenoxy) is 1. The molecule has 0 aliphatic heterocycles. The van der Waals surface area contributed by atoms with Crippen LogP contribution in [0, 0.1) is 0 Å². The van der Waals surface area contributed by atoms with Crippen LogP contribution in [0.5, 0.6) is 5.75 Å². The molecule has 0 aromatic heterocycles. The van der Waals surface area contributed by atoms with Gasteiger partial charge >= 0.3 is 0 Å². The van der Waals surface area contributed by atoms with Gasteiger partial charge in [-0.3, -0.25) is 4.79 Å². The Kier molecular flexibility index (Phi) is 7.69. The minimum atomic E-state index is -0.378. The van der Waals surface area contributed by atoms with Crippen LogP contribution in [0.25, 0.3) is 0 Å². The standard InChI is InChI=1S/C17H26N2O2.ClH/c1-21-15-8-6-7-14(13-15)17(9-2-3-10-17)16(20)19-12-5-4-11-18;/h6-8,13H,2-5,9-12,18H2,1H3,(H,19,20);1H. The van der Waals surface area contributed by atoms with Crippen LogP contribution < -0.4 is 15.8 Å². The first kappa shape index (κ1) is 18.8. The second-order valence-electron chi connectivity index (χ2n) is 5.77.